The number of esters is 1. The minimum Gasteiger partial charge on any atom is -0.424 e. The summed E-state index contributed by atoms with van der Waals surface area (Å²) in [4.78, 5) is 41.6. The molecule has 2 aliphatic heterocycles. The zero-order valence-corrected chi connectivity index (χ0v) is 23.9. The van der Waals surface area contributed by atoms with E-state index in [1.165, 1.54) is 12.1 Å². The average Bonchev–Trinajstić information content (AvgIpc) is 2.97. The first-order valence-electron chi connectivity index (χ1n) is 13.8. The Morgan fingerprint density at radius 2 is 1.37 bits per heavy atom. The van der Waals surface area contributed by atoms with Crippen LogP contribution >= 0.6 is 0 Å². The van der Waals surface area contributed by atoms with E-state index >= 15 is 0 Å². The number of ketones is 1. The third-order valence-corrected chi connectivity index (χ3v) is 11.0. The van der Waals surface area contributed by atoms with Gasteiger partial charge in [0.25, 0.3) is 5.78 Å². The lowest BCUT2D eigenvalue weighted by atomic mass is 9.53. The van der Waals surface area contributed by atoms with Crippen LogP contribution in [0.4, 0.5) is 0 Å². The molecule has 3 fully saturated rings. The van der Waals surface area contributed by atoms with Crippen LogP contribution in [0.25, 0.3) is 0 Å². The van der Waals surface area contributed by atoms with E-state index in [1.54, 1.807) is 25.1 Å². The van der Waals surface area contributed by atoms with Gasteiger partial charge in [0.05, 0.1) is 16.1 Å². The van der Waals surface area contributed by atoms with Crippen LogP contribution in [0.5, 0.6) is 0 Å². The molecule has 5 atom stereocenters. The van der Waals surface area contributed by atoms with Crippen LogP contribution in [0.2, 0.25) is 0 Å². The highest BCUT2D eigenvalue weighted by Gasteiger charge is 2.77. The molecule has 3 aliphatic rings. The van der Waals surface area contributed by atoms with E-state index in [9.17, 15) is 18.0 Å². The maximum Gasteiger partial charge on any atom is 0.377 e. The Kier molecular flexibility index (Phi) is 6.89. The Balaban J connectivity index is 1.50. The van der Waals surface area contributed by atoms with Crippen LogP contribution < -0.4 is 0 Å². The number of carbonyl (C=O) groups is 2. The summed E-state index contributed by atoms with van der Waals surface area (Å²) in [5, 5.41) is 0. The van der Waals surface area contributed by atoms with E-state index in [0.29, 0.717) is 19.5 Å². The van der Waals surface area contributed by atoms with Crippen molar-refractivity contribution < 1.29 is 32.5 Å². The fraction of sp³-hybridized carbons (Fsp3) is 0.375. The van der Waals surface area contributed by atoms with Crippen LogP contribution in [0, 0.1) is 11.3 Å². The van der Waals surface area contributed by atoms with Crippen molar-refractivity contribution in [2.75, 3.05) is 5.75 Å². The van der Waals surface area contributed by atoms with Crippen molar-refractivity contribution in [3.8, 4) is 0 Å². The fourth-order valence-electron chi connectivity index (χ4n) is 6.89. The third kappa shape index (κ3) is 4.61. The molecule has 3 aromatic rings. The first-order valence-corrected chi connectivity index (χ1v) is 15.5. The molecule has 0 spiro atoms. The maximum atomic E-state index is 14.2. The summed E-state index contributed by atoms with van der Waals surface area (Å²) in [5.41, 5.74) is -1.17. The largest absolute Gasteiger partial charge is 0.424 e. The summed E-state index contributed by atoms with van der Waals surface area (Å²) >= 11 is 0. The number of rotatable bonds is 8. The van der Waals surface area contributed by atoms with E-state index in [4.69, 9.17) is 14.5 Å². The van der Waals surface area contributed by atoms with Crippen molar-refractivity contribution >= 4 is 21.6 Å². The molecule has 6 rings (SSSR count). The lowest BCUT2D eigenvalue weighted by Crippen LogP contribution is -2.79. The molecule has 214 valence electrons. The normalized spacial score (nSPS) is 31.1. The van der Waals surface area contributed by atoms with Gasteiger partial charge in [-0.25, -0.2) is 18.1 Å². The zero-order valence-electron chi connectivity index (χ0n) is 23.1. The molecule has 1 aliphatic carbocycles. The van der Waals surface area contributed by atoms with E-state index in [0.717, 1.165) is 11.1 Å². The van der Waals surface area contributed by atoms with Gasteiger partial charge in [0, 0.05) is 31.5 Å². The van der Waals surface area contributed by atoms with Crippen molar-refractivity contribution in [3.63, 3.8) is 0 Å². The monoisotopic (exact) mass is 575 g/mol. The topological polar surface area (TPSA) is 99.2 Å². The van der Waals surface area contributed by atoms with Crippen LogP contribution in [0.1, 0.15) is 37.8 Å². The summed E-state index contributed by atoms with van der Waals surface area (Å²) in [7, 11) is -3.95. The van der Waals surface area contributed by atoms with Crippen LogP contribution in [0.15, 0.2) is 95.9 Å². The standard InChI is InChI=1S/C32H33NO7S/c1-23-18-27(33(19-24-12-6-3-7-13-24)20-25-14-8-4-9-15-25)31-21-32(23,38-29(35)28(31)34)40-39-30(31,2)22-41(36,37)26-16-10-5-11-17-26/h3-17,23,27H,18-22H2,1-2H3/t23-,27?,30-,31+,32-/m1/s1. The molecular formula is C32H33NO7S. The van der Waals surface area contributed by atoms with Crippen molar-refractivity contribution in [1.82, 2.24) is 4.90 Å². The molecule has 2 saturated heterocycles. The highest BCUT2D eigenvalue weighted by Crippen LogP contribution is 2.62. The van der Waals surface area contributed by atoms with Crippen molar-refractivity contribution in [2.45, 2.75) is 62.1 Å². The Bertz CT molecular complexity index is 1510. The molecule has 0 aromatic heterocycles. The number of benzene rings is 3. The molecule has 0 N–H and O–H groups in total. The smallest absolute Gasteiger partial charge is 0.377 e. The van der Waals surface area contributed by atoms with Crippen molar-refractivity contribution in [2.24, 2.45) is 11.3 Å². The average molecular weight is 576 g/mol. The molecule has 8 nitrogen and oxygen atoms in total. The predicted octanol–water partition coefficient (Wildman–Crippen LogP) is 4.49. The van der Waals surface area contributed by atoms with Gasteiger partial charge in [0.1, 0.15) is 5.60 Å². The third-order valence-electron chi connectivity index (χ3n) is 9.05. The second-order valence-corrected chi connectivity index (χ2v) is 13.7. The van der Waals surface area contributed by atoms with Gasteiger partial charge in [-0.1, -0.05) is 85.8 Å². The lowest BCUT2D eigenvalue weighted by molar-refractivity contribution is -0.525. The second kappa shape index (κ2) is 10.2. The first-order chi connectivity index (χ1) is 19.6. The summed E-state index contributed by atoms with van der Waals surface area (Å²) in [6.45, 7) is 4.45. The Labute approximate surface area is 240 Å². The SMILES string of the molecule is C[C@@H]1CC(N(Cc2ccccc2)Cc2ccccc2)[C@]23C[C@]1(OO[C@]2(C)CS(=O)(=O)c1ccccc1)OC(=O)C3=O. The number of Topliss-reactive ketones (excluding diaryl/α,β-unsaturated/α-hetero) is 1. The van der Waals surface area contributed by atoms with E-state index < -0.39 is 50.2 Å². The molecule has 2 bridgehead atoms. The summed E-state index contributed by atoms with van der Waals surface area (Å²) in [5.74, 6) is -4.12. The fourth-order valence-corrected chi connectivity index (χ4v) is 8.66. The van der Waals surface area contributed by atoms with Crippen molar-refractivity contribution in [1.29, 1.82) is 0 Å². The molecule has 1 unspecified atom stereocenters. The quantitative estimate of drug-likeness (QED) is 0.220. The van der Waals surface area contributed by atoms with Gasteiger partial charge in [-0.15, -0.1) is 0 Å². The van der Waals surface area contributed by atoms with Gasteiger partial charge < -0.3 is 4.74 Å². The number of nitrogens with zero attached hydrogens (tertiary/aromatic N) is 1. The van der Waals surface area contributed by atoms with Gasteiger partial charge in [-0.2, -0.15) is 4.89 Å². The molecule has 2 heterocycles. The number of carbonyl (C=O) groups excluding carboxylic acids is 2. The zero-order chi connectivity index (χ0) is 28.9. The molecule has 1 saturated carbocycles. The Morgan fingerprint density at radius 3 is 1.93 bits per heavy atom. The van der Waals surface area contributed by atoms with Gasteiger partial charge in [-0.05, 0) is 36.6 Å². The molecule has 41 heavy (non-hydrogen) atoms. The highest BCUT2D eigenvalue weighted by atomic mass is 32.2. The predicted molar refractivity (Wildman–Crippen MR) is 150 cm³/mol. The number of sulfone groups is 1. The molecular weight excluding hydrogens is 542 g/mol. The summed E-state index contributed by atoms with van der Waals surface area (Å²) in [6, 6.07) is 27.3. The van der Waals surface area contributed by atoms with E-state index in [2.05, 4.69) is 4.90 Å². The summed E-state index contributed by atoms with van der Waals surface area (Å²) < 4.78 is 33.1. The van der Waals surface area contributed by atoms with Gasteiger partial charge >= 0.3 is 5.97 Å². The molecule has 3 aromatic carbocycles. The van der Waals surface area contributed by atoms with E-state index in [1.807, 2.05) is 67.6 Å². The number of ether oxygens (including phenoxy) is 1. The van der Waals surface area contributed by atoms with Gasteiger partial charge in [-0.3, -0.25) is 9.69 Å². The lowest BCUT2D eigenvalue weighted by Gasteiger charge is -2.65. The molecule has 9 heteroatoms. The Morgan fingerprint density at radius 1 is 0.829 bits per heavy atom. The first kappa shape index (κ1) is 27.8. The minimum atomic E-state index is -3.95. The van der Waals surface area contributed by atoms with Gasteiger partial charge in [0.2, 0.25) is 5.79 Å². The number of hydrogen-bond donors (Lipinski definition) is 0. The van der Waals surface area contributed by atoms with E-state index in [-0.39, 0.29) is 17.2 Å². The molecule has 0 radical (unpaired) electrons. The van der Waals surface area contributed by atoms with Crippen LogP contribution in [-0.4, -0.2) is 48.3 Å². The second-order valence-electron chi connectivity index (χ2n) is 11.7. The van der Waals surface area contributed by atoms with Crippen molar-refractivity contribution in [3.05, 3.63) is 102 Å². The van der Waals surface area contributed by atoms with Gasteiger partial charge in [0.15, 0.2) is 9.84 Å². The Hall–Kier alpha value is -3.37. The molecule has 0 amide bonds. The number of hydrogen-bond acceptors (Lipinski definition) is 8. The van der Waals surface area contributed by atoms with Crippen LogP contribution in [0.3, 0.4) is 0 Å². The van der Waals surface area contributed by atoms with Crippen LogP contribution in [-0.2, 0) is 47.0 Å². The minimum absolute atomic E-state index is 0.0112. The highest BCUT2D eigenvalue weighted by molar-refractivity contribution is 7.91. The summed E-state index contributed by atoms with van der Waals surface area (Å²) in [6.07, 6.45) is 0.445. The maximum absolute atomic E-state index is 14.2.